The highest BCUT2D eigenvalue weighted by Gasteiger charge is 2.05. The average molecular weight is 347 g/mol. The summed E-state index contributed by atoms with van der Waals surface area (Å²) in [6, 6.07) is 14.0. The van der Waals surface area contributed by atoms with Gasteiger partial charge in [-0.05, 0) is 23.8 Å². The maximum absolute atomic E-state index is 13.6. The van der Waals surface area contributed by atoms with Gasteiger partial charge in [-0.25, -0.2) is 4.39 Å². The quantitative estimate of drug-likeness (QED) is 0.512. The number of hydrogen-bond donors (Lipinski definition) is 0. The minimum absolute atomic E-state index is 0.320. The monoisotopic (exact) mass is 346 g/mol. The van der Waals surface area contributed by atoms with Gasteiger partial charge in [-0.2, -0.15) is 9.78 Å². The Labute approximate surface area is 142 Å². The molecule has 0 radical (unpaired) electrons. The highest BCUT2D eigenvalue weighted by Crippen LogP contribution is 2.21. The van der Waals surface area contributed by atoms with E-state index in [1.165, 1.54) is 35.0 Å². The fraction of sp³-hybridized carbons (Fsp3) is 0.0625. The lowest BCUT2D eigenvalue weighted by atomic mass is 10.2. The van der Waals surface area contributed by atoms with Crippen LogP contribution < -0.4 is 0 Å². The van der Waals surface area contributed by atoms with Gasteiger partial charge in [-0.3, -0.25) is 0 Å². The topological polar surface area (TPSA) is 43.1 Å². The van der Waals surface area contributed by atoms with Gasteiger partial charge in [-0.15, -0.1) is 10.2 Å². The van der Waals surface area contributed by atoms with Crippen molar-refractivity contribution in [1.29, 1.82) is 0 Å². The SMILES string of the molecule is Fc1ccccc1/C=N\n1cnnc1SCc1ccc(Cl)cc1. The van der Waals surface area contributed by atoms with Crippen molar-refractivity contribution >= 4 is 29.6 Å². The molecule has 3 aromatic rings. The van der Waals surface area contributed by atoms with Crippen molar-refractivity contribution in [2.24, 2.45) is 5.10 Å². The van der Waals surface area contributed by atoms with Crippen molar-refractivity contribution < 1.29 is 4.39 Å². The van der Waals surface area contributed by atoms with Crippen LogP contribution in [0.4, 0.5) is 4.39 Å². The summed E-state index contributed by atoms with van der Waals surface area (Å²) in [5.41, 5.74) is 1.53. The summed E-state index contributed by atoms with van der Waals surface area (Å²) in [7, 11) is 0. The predicted octanol–water partition coefficient (Wildman–Crippen LogP) is 4.25. The van der Waals surface area contributed by atoms with Gasteiger partial charge in [0.2, 0.25) is 5.16 Å². The van der Waals surface area contributed by atoms with Gasteiger partial charge in [0.25, 0.3) is 0 Å². The first kappa shape index (κ1) is 15.7. The van der Waals surface area contributed by atoms with E-state index in [9.17, 15) is 4.39 Å². The summed E-state index contributed by atoms with van der Waals surface area (Å²) in [6.07, 6.45) is 2.94. The lowest BCUT2D eigenvalue weighted by Gasteiger charge is -2.02. The van der Waals surface area contributed by atoms with E-state index in [1.54, 1.807) is 18.2 Å². The molecule has 7 heteroatoms. The van der Waals surface area contributed by atoms with Crippen molar-refractivity contribution in [3.05, 3.63) is 76.8 Å². The average Bonchev–Trinajstić information content (AvgIpc) is 3.01. The van der Waals surface area contributed by atoms with E-state index in [2.05, 4.69) is 15.3 Å². The van der Waals surface area contributed by atoms with E-state index < -0.39 is 0 Å². The van der Waals surface area contributed by atoms with Crippen LogP contribution in [0.1, 0.15) is 11.1 Å². The Morgan fingerprint density at radius 3 is 2.74 bits per heavy atom. The van der Waals surface area contributed by atoms with E-state index in [0.717, 1.165) is 5.56 Å². The van der Waals surface area contributed by atoms with Crippen LogP contribution >= 0.6 is 23.4 Å². The number of benzene rings is 2. The van der Waals surface area contributed by atoms with Crippen LogP contribution in [0, 0.1) is 5.82 Å². The molecule has 0 amide bonds. The minimum Gasteiger partial charge on any atom is -0.206 e. The first-order valence-electron chi connectivity index (χ1n) is 6.78. The van der Waals surface area contributed by atoms with Crippen LogP contribution in [0.5, 0.6) is 0 Å². The van der Waals surface area contributed by atoms with Crippen molar-refractivity contribution in [2.45, 2.75) is 10.9 Å². The molecule has 2 aromatic carbocycles. The molecule has 3 rings (SSSR count). The molecule has 23 heavy (non-hydrogen) atoms. The number of nitrogens with zero attached hydrogens (tertiary/aromatic N) is 4. The van der Waals surface area contributed by atoms with Crippen LogP contribution in [-0.4, -0.2) is 21.1 Å². The molecule has 1 heterocycles. The predicted molar refractivity (Wildman–Crippen MR) is 90.4 cm³/mol. The fourth-order valence-corrected chi connectivity index (χ4v) is 2.77. The Bertz CT molecular complexity index is 817. The Morgan fingerprint density at radius 1 is 1.17 bits per heavy atom. The number of thioether (sulfide) groups is 1. The highest BCUT2D eigenvalue weighted by molar-refractivity contribution is 7.98. The molecule has 0 aliphatic rings. The van der Waals surface area contributed by atoms with Gasteiger partial charge >= 0.3 is 0 Å². The number of halogens is 2. The molecule has 0 atom stereocenters. The lowest BCUT2D eigenvalue weighted by Crippen LogP contribution is -1.94. The fourth-order valence-electron chi connectivity index (χ4n) is 1.83. The third-order valence-corrected chi connectivity index (χ3v) is 4.26. The molecule has 1 aromatic heterocycles. The Hall–Kier alpha value is -2.18. The second-order valence-electron chi connectivity index (χ2n) is 4.64. The minimum atomic E-state index is -0.320. The molecule has 0 unspecified atom stereocenters. The van der Waals surface area contributed by atoms with Gasteiger partial charge < -0.3 is 0 Å². The summed E-state index contributed by atoms with van der Waals surface area (Å²) in [6.45, 7) is 0. The molecular formula is C16H12ClFN4S. The van der Waals surface area contributed by atoms with Crippen molar-refractivity contribution in [2.75, 3.05) is 0 Å². The van der Waals surface area contributed by atoms with Crippen molar-refractivity contribution in [1.82, 2.24) is 14.9 Å². The molecule has 0 saturated carbocycles. The Morgan fingerprint density at radius 2 is 1.96 bits per heavy atom. The van der Waals surface area contributed by atoms with Gasteiger partial charge in [0.05, 0.1) is 6.21 Å². The number of hydrogen-bond acceptors (Lipinski definition) is 4. The normalized spacial score (nSPS) is 11.2. The zero-order valence-electron chi connectivity index (χ0n) is 11.9. The molecular weight excluding hydrogens is 335 g/mol. The Balaban J connectivity index is 1.70. The molecule has 0 saturated heterocycles. The molecule has 116 valence electrons. The molecule has 0 bridgehead atoms. The Kier molecular flexibility index (Phi) is 5.05. The van der Waals surface area contributed by atoms with Crippen LogP contribution in [0.15, 0.2) is 65.1 Å². The summed E-state index contributed by atoms with van der Waals surface area (Å²) in [5, 5.41) is 13.4. The van der Waals surface area contributed by atoms with E-state index >= 15 is 0 Å². The van der Waals surface area contributed by atoms with Gasteiger partial charge in [0.1, 0.15) is 12.1 Å². The molecule has 0 spiro atoms. The maximum atomic E-state index is 13.6. The van der Waals surface area contributed by atoms with E-state index in [0.29, 0.717) is 21.5 Å². The van der Waals surface area contributed by atoms with Crippen LogP contribution in [0.2, 0.25) is 5.02 Å². The number of rotatable bonds is 5. The van der Waals surface area contributed by atoms with Crippen molar-refractivity contribution in [3.63, 3.8) is 0 Å². The zero-order valence-corrected chi connectivity index (χ0v) is 13.5. The smallest absolute Gasteiger partial charge is 0.206 e. The second-order valence-corrected chi connectivity index (χ2v) is 6.02. The maximum Gasteiger partial charge on any atom is 0.212 e. The molecule has 0 aliphatic heterocycles. The summed E-state index contributed by atoms with van der Waals surface area (Å²) in [4.78, 5) is 0. The lowest BCUT2D eigenvalue weighted by molar-refractivity contribution is 0.625. The summed E-state index contributed by atoms with van der Waals surface area (Å²) in [5.74, 6) is 0.394. The van der Waals surface area contributed by atoms with Crippen LogP contribution in [0.3, 0.4) is 0 Å². The third-order valence-electron chi connectivity index (χ3n) is 3.01. The van der Waals surface area contributed by atoms with Crippen LogP contribution in [-0.2, 0) is 5.75 Å². The van der Waals surface area contributed by atoms with Gasteiger partial charge in [0.15, 0.2) is 0 Å². The largest absolute Gasteiger partial charge is 0.212 e. The van der Waals surface area contributed by atoms with Gasteiger partial charge in [0, 0.05) is 16.3 Å². The molecule has 0 N–H and O–H groups in total. The second kappa shape index (κ2) is 7.39. The molecule has 4 nitrogen and oxygen atoms in total. The standard InChI is InChI=1S/C16H12ClFN4S/c17-14-7-5-12(6-8-14)10-23-16-21-19-11-22(16)20-9-13-3-1-2-4-15(13)18/h1-9,11H,10H2/b20-9-. The van der Waals surface area contributed by atoms with E-state index in [-0.39, 0.29) is 5.82 Å². The molecule has 0 fully saturated rings. The van der Waals surface area contributed by atoms with E-state index in [1.807, 2.05) is 24.3 Å². The van der Waals surface area contributed by atoms with Crippen LogP contribution in [0.25, 0.3) is 0 Å². The first-order chi connectivity index (χ1) is 11.2. The third kappa shape index (κ3) is 4.18. The highest BCUT2D eigenvalue weighted by atomic mass is 35.5. The number of aromatic nitrogens is 3. The zero-order chi connectivity index (χ0) is 16.1. The van der Waals surface area contributed by atoms with Gasteiger partial charge in [-0.1, -0.05) is 53.7 Å². The summed E-state index contributed by atoms with van der Waals surface area (Å²) < 4.78 is 15.1. The first-order valence-corrected chi connectivity index (χ1v) is 8.15. The summed E-state index contributed by atoms with van der Waals surface area (Å²) >= 11 is 7.36. The molecule has 0 aliphatic carbocycles. The van der Waals surface area contributed by atoms with Crippen molar-refractivity contribution in [3.8, 4) is 0 Å². The van der Waals surface area contributed by atoms with E-state index in [4.69, 9.17) is 11.6 Å².